The molecule has 3 aliphatic carbocycles. The molecule has 0 aromatic carbocycles. The van der Waals surface area contributed by atoms with Crippen LogP contribution >= 0.6 is 0 Å². The van der Waals surface area contributed by atoms with Crippen molar-refractivity contribution in [2.24, 2.45) is 5.41 Å². The number of methoxy groups -OCH3 is 1. The molecule has 2 fully saturated rings. The minimum absolute atomic E-state index is 0.0190. The molecule has 6 rings (SSSR count). The highest BCUT2D eigenvalue weighted by molar-refractivity contribution is 7.85. The van der Waals surface area contributed by atoms with Gasteiger partial charge in [-0.05, 0) is 51.0 Å². The Labute approximate surface area is 236 Å². The minimum Gasteiger partial charge on any atom is -0.477 e. The lowest BCUT2D eigenvalue weighted by Crippen LogP contribution is -2.41. The lowest BCUT2D eigenvalue weighted by atomic mass is 9.64. The maximum Gasteiger partial charge on any atom is 0.358 e. The van der Waals surface area contributed by atoms with Crippen molar-refractivity contribution >= 4 is 21.9 Å². The number of hydrogen-bond acceptors (Lipinski definition) is 12. The Morgan fingerprint density at radius 1 is 1.10 bits per heavy atom. The highest BCUT2D eigenvalue weighted by Crippen LogP contribution is 2.48. The standard InChI is InChI=1S/C27H31N5O8S/c1-37-25(34)18-8-13-32(30-18)20-14-21(38-15-26(11-12-26)16-39-41(2,35)36)29-24(28-20)22-17-6-5-10-27(23(17)40-31-22)9-4-3-7-19(27)33/h8,13-14H,3-7,9-12,15-16H2,1-2H3/t27-/m1/s1. The van der Waals surface area contributed by atoms with E-state index in [1.54, 1.807) is 12.3 Å². The summed E-state index contributed by atoms with van der Waals surface area (Å²) in [5.41, 5.74) is 0.278. The van der Waals surface area contributed by atoms with Crippen molar-refractivity contribution < 1.29 is 36.2 Å². The van der Waals surface area contributed by atoms with Crippen molar-refractivity contribution in [1.29, 1.82) is 0 Å². The topological polar surface area (TPSA) is 166 Å². The molecule has 0 amide bonds. The summed E-state index contributed by atoms with van der Waals surface area (Å²) in [4.78, 5) is 34.4. The number of carbonyl (C=O) groups excluding carboxylic acids is 2. The quantitative estimate of drug-likeness (QED) is 0.267. The third kappa shape index (κ3) is 5.37. The van der Waals surface area contributed by atoms with Crippen LogP contribution in [0.2, 0.25) is 0 Å². The van der Waals surface area contributed by atoms with Crippen LogP contribution in [-0.2, 0) is 35.7 Å². The van der Waals surface area contributed by atoms with Crippen LogP contribution in [0.1, 0.15) is 73.2 Å². The molecule has 1 spiro atoms. The Kier molecular flexibility index (Phi) is 6.92. The molecule has 0 N–H and O–H groups in total. The third-order valence-electron chi connectivity index (χ3n) is 8.23. The Hall–Kier alpha value is -3.65. The Balaban J connectivity index is 1.36. The van der Waals surface area contributed by atoms with Gasteiger partial charge in [0.2, 0.25) is 5.88 Å². The van der Waals surface area contributed by atoms with E-state index in [1.165, 1.54) is 17.9 Å². The molecular weight excluding hydrogens is 554 g/mol. The predicted octanol–water partition coefficient (Wildman–Crippen LogP) is 2.96. The average molecular weight is 586 g/mol. The van der Waals surface area contributed by atoms with Gasteiger partial charge in [-0.2, -0.15) is 18.5 Å². The van der Waals surface area contributed by atoms with Gasteiger partial charge >= 0.3 is 5.97 Å². The predicted molar refractivity (Wildman–Crippen MR) is 142 cm³/mol. The fourth-order valence-corrected chi connectivity index (χ4v) is 6.17. The zero-order valence-corrected chi connectivity index (χ0v) is 23.7. The summed E-state index contributed by atoms with van der Waals surface area (Å²) < 4.78 is 46.2. The first-order valence-electron chi connectivity index (χ1n) is 13.6. The number of fused-ring (bicyclic) bond motifs is 2. The van der Waals surface area contributed by atoms with Gasteiger partial charge in [0.25, 0.3) is 10.1 Å². The van der Waals surface area contributed by atoms with Crippen LogP contribution in [0.5, 0.6) is 5.88 Å². The molecule has 218 valence electrons. The van der Waals surface area contributed by atoms with E-state index in [2.05, 4.69) is 20.2 Å². The van der Waals surface area contributed by atoms with Crippen LogP contribution in [-0.4, -0.2) is 71.7 Å². The number of ether oxygens (including phenoxy) is 2. The van der Waals surface area contributed by atoms with Gasteiger partial charge in [0, 0.05) is 29.7 Å². The Morgan fingerprint density at radius 2 is 1.90 bits per heavy atom. The van der Waals surface area contributed by atoms with E-state index in [1.807, 2.05) is 0 Å². The molecule has 0 unspecified atom stereocenters. The summed E-state index contributed by atoms with van der Waals surface area (Å²) in [5, 5.41) is 8.63. The lowest BCUT2D eigenvalue weighted by Gasteiger charge is -2.36. The number of nitrogens with zero attached hydrogens (tertiary/aromatic N) is 5. The molecule has 0 aliphatic heterocycles. The molecule has 0 bridgehead atoms. The molecule has 0 radical (unpaired) electrons. The molecular formula is C27H31N5O8S. The van der Waals surface area contributed by atoms with Crippen LogP contribution in [0.25, 0.3) is 17.3 Å². The highest BCUT2D eigenvalue weighted by atomic mass is 32.2. The van der Waals surface area contributed by atoms with E-state index in [0.717, 1.165) is 56.8 Å². The van der Waals surface area contributed by atoms with E-state index >= 15 is 0 Å². The molecule has 2 saturated carbocycles. The number of aromatic nitrogens is 5. The maximum absolute atomic E-state index is 13.1. The molecule has 14 heteroatoms. The molecule has 3 aromatic rings. The van der Waals surface area contributed by atoms with Gasteiger partial charge in [-0.1, -0.05) is 11.6 Å². The van der Waals surface area contributed by atoms with Crippen molar-refractivity contribution in [3.05, 3.63) is 35.3 Å². The van der Waals surface area contributed by atoms with E-state index in [-0.39, 0.29) is 36.4 Å². The Morgan fingerprint density at radius 3 is 2.63 bits per heavy atom. The second kappa shape index (κ2) is 10.3. The first kappa shape index (κ1) is 27.5. The largest absolute Gasteiger partial charge is 0.477 e. The maximum atomic E-state index is 13.1. The molecule has 3 heterocycles. The summed E-state index contributed by atoms with van der Waals surface area (Å²) in [6.07, 6.45) is 9.44. The number of ketones is 1. The Bertz CT molecular complexity index is 1610. The van der Waals surface area contributed by atoms with Crippen LogP contribution < -0.4 is 4.74 Å². The van der Waals surface area contributed by atoms with Crippen molar-refractivity contribution in [3.8, 4) is 23.2 Å². The van der Waals surface area contributed by atoms with Crippen molar-refractivity contribution in [1.82, 2.24) is 24.9 Å². The van der Waals surface area contributed by atoms with E-state index in [4.69, 9.17) is 18.2 Å². The average Bonchev–Trinajstić information content (AvgIpc) is 3.33. The number of esters is 1. The number of Topliss-reactive ketones (excluding diaryl/α,β-unsaturated/α-hetero) is 1. The van der Waals surface area contributed by atoms with Gasteiger partial charge in [-0.15, -0.1) is 0 Å². The van der Waals surface area contributed by atoms with Crippen LogP contribution in [0.3, 0.4) is 0 Å². The lowest BCUT2D eigenvalue weighted by molar-refractivity contribution is -0.128. The molecule has 3 aliphatic rings. The van der Waals surface area contributed by atoms with Gasteiger partial charge in [0.1, 0.15) is 5.78 Å². The van der Waals surface area contributed by atoms with Gasteiger partial charge in [0.05, 0.1) is 32.0 Å². The van der Waals surface area contributed by atoms with E-state index in [9.17, 15) is 18.0 Å². The van der Waals surface area contributed by atoms with Gasteiger partial charge in [0.15, 0.2) is 28.8 Å². The summed E-state index contributed by atoms with van der Waals surface area (Å²) in [7, 11) is -2.31. The molecule has 1 atom stereocenters. The fourth-order valence-electron chi connectivity index (χ4n) is 5.71. The summed E-state index contributed by atoms with van der Waals surface area (Å²) in [6.45, 7) is 0.199. The van der Waals surface area contributed by atoms with Gasteiger partial charge < -0.3 is 14.0 Å². The second-order valence-electron chi connectivity index (χ2n) is 11.2. The fraction of sp³-hybridized carbons (Fsp3) is 0.556. The zero-order chi connectivity index (χ0) is 28.8. The summed E-state index contributed by atoms with van der Waals surface area (Å²) >= 11 is 0. The van der Waals surface area contributed by atoms with Crippen molar-refractivity contribution in [2.75, 3.05) is 26.6 Å². The molecule has 13 nitrogen and oxygen atoms in total. The van der Waals surface area contributed by atoms with Crippen LogP contribution in [0.15, 0.2) is 22.9 Å². The third-order valence-corrected chi connectivity index (χ3v) is 8.77. The summed E-state index contributed by atoms with van der Waals surface area (Å²) in [6, 6.07) is 3.08. The molecule has 0 saturated heterocycles. The second-order valence-corrected chi connectivity index (χ2v) is 12.8. The van der Waals surface area contributed by atoms with Crippen molar-refractivity contribution in [2.45, 2.75) is 63.2 Å². The van der Waals surface area contributed by atoms with Crippen molar-refractivity contribution in [3.63, 3.8) is 0 Å². The summed E-state index contributed by atoms with van der Waals surface area (Å²) in [5.74, 6) is 0.972. The van der Waals surface area contributed by atoms with Crippen LogP contribution in [0.4, 0.5) is 0 Å². The normalized spacial score (nSPS) is 21.5. The highest BCUT2D eigenvalue weighted by Gasteiger charge is 2.49. The number of hydrogen-bond donors (Lipinski definition) is 0. The van der Waals surface area contributed by atoms with Gasteiger partial charge in [-0.3, -0.25) is 8.98 Å². The van der Waals surface area contributed by atoms with Gasteiger partial charge in [-0.25, -0.2) is 14.5 Å². The zero-order valence-electron chi connectivity index (χ0n) is 22.9. The smallest absolute Gasteiger partial charge is 0.358 e. The SMILES string of the molecule is COC(=O)c1ccn(-c2cc(OCC3(COS(C)(=O)=O)CC3)nc(-c3noc4c3CCC[C@@]43CCCCC3=O)n2)n1. The van der Waals surface area contributed by atoms with Crippen LogP contribution in [0, 0.1) is 5.41 Å². The first-order chi connectivity index (χ1) is 19.6. The first-order valence-corrected chi connectivity index (χ1v) is 15.5. The number of rotatable bonds is 9. The molecule has 3 aromatic heterocycles. The minimum atomic E-state index is -3.58. The monoisotopic (exact) mass is 585 g/mol. The van der Waals surface area contributed by atoms with E-state index in [0.29, 0.717) is 30.1 Å². The van der Waals surface area contributed by atoms with E-state index < -0.39 is 26.9 Å². The number of carbonyl (C=O) groups is 2. The molecule has 41 heavy (non-hydrogen) atoms.